The normalized spacial score (nSPS) is 14.6. The lowest BCUT2D eigenvalue weighted by Gasteiger charge is -2.23. The summed E-state index contributed by atoms with van der Waals surface area (Å²) in [6.45, 7) is 0.0114. The molecule has 2 amide bonds. The molecule has 1 aromatic heterocycles. The summed E-state index contributed by atoms with van der Waals surface area (Å²) in [6, 6.07) is 18.7. The topological polar surface area (TPSA) is 118 Å². The summed E-state index contributed by atoms with van der Waals surface area (Å²) in [4.78, 5) is 41.2. The molecule has 3 aromatic carbocycles. The number of rotatable bonds is 11. The van der Waals surface area contributed by atoms with Crippen LogP contribution in [0.3, 0.4) is 0 Å². The SMILES string of the molecule is O=C(O)CCNC(=O)c1ccc(CC(C(=O)Nc2nc3ccc(OC(F)(F)F)cc3s2)c2ccc(C3CCCCC3)cc2)cc1. The number of thiazole rings is 1. The third-order valence-electron chi connectivity index (χ3n) is 7.84. The first kappa shape index (κ1) is 32.0. The second-order valence-corrected chi connectivity index (χ2v) is 12.1. The maximum atomic E-state index is 13.8. The van der Waals surface area contributed by atoms with Gasteiger partial charge in [0, 0.05) is 18.2 Å². The number of aliphatic carboxylic acids is 1. The van der Waals surface area contributed by atoms with E-state index < -0.39 is 24.2 Å². The maximum absolute atomic E-state index is 13.8. The molecular weight excluding hydrogens is 607 g/mol. The van der Waals surface area contributed by atoms with Crippen molar-refractivity contribution in [3.8, 4) is 5.75 Å². The van der Waals surface area contributed by atoms with Gasteiger partial charge in [-0.05, 0) is 66.1 Å². The largest absolute Gasteiger partial charge is 0.573 e. The minimum atomic E-state index is -4.82. The first-order chi connectivity index (χ1) is 21.5. The zero-order chi connectivity index (χ0) is 32.0. The highest BCUT2D eigenvalue weighted by Gasteiger charge is 2.31. The summed E-state index contributed by atoms with van der Waals surface area (Å²) in [5, 5.41) is 14.4. The summed E-state index contributed by atoms with van der Waals surface area (Å²) in [6.07, 6.45) is 1.26. The second-order valence-electron chi connectivity index (χ2n) is 11.0. The van der Waals surface area contributed by atoms with Crippen molar-refractivity contribution in [2.45, 2.75) is 63.1 Å². The number of anilines is 1. The Balaban J connectivity index is 1.35. The molecule has 1 aliphatic carbocycles. The van der Waals surface area contributed by atoms with Crippen molar-refractivity contribution in [2.24, 2.45) is 0 Å². The van der Waals surface area contributed by atoms with Crippen LogP contribution in [-0.4, -0.2) is 40.8 Å². The van der Waals surface area contributed by atoms with E-state index in [0.717, 1.165) is 35.3 Å². The molecule has 1 aliphatic rings. The van der Waals surface area contributed by atoms with Crippen LogP contribution in [0.15, 0.2) is 66.7 Å². The summed E-state index contributed by atoms with van der Waals surface area (Å²) >= 11 is 1.05. The molecule has 1 fully saturated rings. The van der Waals surface area contributed by atoms with Crippen LogP contribution < -0.4 is 15.4 Å². The Bertz CT molecular complexity index is 1650. The van der Waals surface area contributed by atoms with E-state index >= 15 is 0 Å². The Morgan fingerprint density at radius 2 is 1.69 bits per heavy atom. The molecule has 45 heavy (non-hydrogen) atoms. The average Bonchev–Trinajstić information content (AvgIpc) is 3.41. The van der Waals surface area contributed by atoms with Gasteiger partial charge in [-0.15, -0.1) is 13.2 Å². The van der Waals surface area contributed by atoms with Crippen LogP contribution in [0.5, 0.6) is 5.75 Å². The van der Waals surface area contributed by atoms with Gasteiger partial charge in [-0.1, -0.05) is 67.0 Å². The molecular formula is C33H32F3N3O5S. The van der Waals surface area contributed by atoms with Crippen molar-refractivity contribution in [1.82, 2.24) is 10.3 Å². The number of halogens is 3. The van der Waals surface area contributed by atoms with E-state index in [2.05, 4.69) is 32.5 Å². The van der Waals surface area contributed by atoms with Gasteiger partial charge in [-0.3, -0.25) is 14.4 Å². The number of hydrogen-bond acceptors (Lipinski definition) is 6. The fourth-order valence-corrected chi connectivity index (χ4v) is 6.46. The summed E-state index contributed by atoms with van der Waals surface area (Å²) < 4.78 is 42.5. The van der Waals surface area contributed by atoms with Crippen LogP contribution in [0.2, 0.25) is 0 Å². The van der Waals surface area contributed by atoms with Crippen LogP contribution in [0.1, 0.15) is 77.4 Å². The lowest BCUT2D eigenvalue weighted by Crippen LogP contribution is -2.26. The van der Waals surface area contributed by atoms with Crippen LogP contribution >= 0.6 is 11.3 Å². The van der Waals surface area contributed by atoms with E-state index in [1.54, 1.807) is 24.3 Å². The van der Waals surface area contributed by atoms with Gasteiger partial charge in [0.25, 0.3) is 5.91 Å². The maximum Gasteiger partial charge on any atom is 0.573 e. The van der Waals surface area contributed by atoms with Gasteiger partial charge in [0.15, 0.2) is 5.13 Å². The molecule has 0 bridgehead atoms. The second kappa shape index (κ2) is 14.1. The number of ether oxygens (including phenoxy) is 1. The summed E-state index contributed by atoms with van der Waals surface area (Å²) in [5.41, 5.74) is 3.64. The molecule has 1 atom stereocenters. The standard InChI is InChI=1S/C33H32F3N3O5S/c34-33(35,36)44-25-14-15-27-28(19-25)45-32(38-27)39-31(43)26(23-12-10-22(11-13-23)21-4-2-1-3-5-21)18-20-6-8-24(9-7-20)30(42)37-17-16-29(40)41/h6-15,19,21,26H,1-5,16-18H2,(H,37,42)(H,40,41)(H,38,39,43). The Hall–Kier alpha value is -4.45. The predicted octanol–water partition coefficient (Wildman–Crippen LogP) is 7.41. The minimum absolute atomic E-state index is 0.0114. The highest BCUT2D eigenvalue weighted by atomic mass is 32.1. The van der Waals surface area contributed by atoms with Crippen molar-refractivity contribution in [3.05, 3.63) is 89.0 Å². The molecule has 4 aromatic rings. The van der Waals surface area contributed by atoms with Crippen LogP contribution in [0.4, 0.5) is 18.3 Å². The van der Waals surface area contributed by atoms with E-state index in [4.69, 9.17) is 5.11 Å². The molecule has 12 heteroatoms. The van der Waals surface area contributed by atoms with Gasteiger partial charge in [-0.25, -0.2) is 4.98 Å². The van der Waals surface area contributed by atoms with Gasteiger partial charge in [0.2, 0.25) is 5.91 Å². The molecule has 0 spiro atoms. The number of carboxylic acid groups (broad SMARTS) is 1. The molecule has 1 saturated carbocycles. The molecule has 0 saturated heterocycles. The first-order valence-corrected chi connectivity index (χ1v) is 15.5. The van der Waals surface area contributed by atoms with Crippen molar-refractivity contribution < 1.29 is 37.4 Å². The number of benzene rings is 3. The molecule has 0 radical (unpaired) electrons. The molecule has 1 unspecified atom stereocenters. The van der Waals surface area contributed by atoms with Crippen molar-refractivity contribution >= 4 is 44.5 Å². The van der Waals surface area contributed by atoms with E-state index in [9.17, 15) is 27.6 Å². The molecule has 3 N–H and O–H groups in total. The number of nitrogens with zero attached hydrogens (tertiary/aromatic N) is 1. The zero-order valence-corrected chi connectivity index (χ0v) is 25.0. The number of carboxylic acids is 1. The van der Waals surface area contributed by atoms with Crippen LogP contribution in [0, 0.1) is 0 Å². The molecule has 5 rings (SSSR count). The molecule has 1 heterocycles. The van der Waals surface area contributed by atoms with Crippen molar-refractivity contribution in [2.75, 3.05) is 11.9 Å². The number of carbonyl (C=O) groups excluding carboxylic acids is 2. The molecule has 0 aliphatic heterocycles. The Labute approximate surface area is 261 Å². The van der Waals surface area contributed by atoms with Crippen LogP contribution in [0.25, 0.3) is 10.2 Å². The lowest BCUT2D eigenvalue weighted by molar-refractivity contribution is -0.274. The Kier molecular flexibility index (Phi) is 10.0. The third kappa shape index (κ3) is 8.81. The fraction of sp³-hybridized carbons (Fsp3) is 0.333. The average molecular weight is 640 g/mol. The van der Waals surface area contributed by atoms with Crippen molar-refractivity contribution in [1.29, 1.82) is 0 Å². The number of carbonyl (C=O) groups is 3. The van der Waals surface area contributed by atoms with E-state index in [-0.39, 0.29) is 29.8 Å². The summed E-state index contributed by atoms with van der Waals surface area (Å²) in [7, 11) is 0. The number of amides is 2. The third-order valence-corrected chi connectivity index (χ3v) is 8.77. The van der Waals surface area contributed by atoms with Gasteiger partial charge >= 0.3 is 12.3 Å². The number of hydrogen-bond donors (Lipinski definition) is 3. The quantitative estimate of drug-likeness (QED) is 0.157. The van der Waals surface area contributed by atoms with Crippen LogP contribution in [-0.2, 0) is 16.0 Å². The highest BCUT2D eigenvalue weighted by molar-refractivity contribution is 7.22. The summed E-state index contributed by atoms with van der Waals surface area (Å²) in [5.74, 6) is -2.23. The van der Waals surface area contributed by atoms with E-state index in [0.29, 0.717) is 28.1 Å². The Morgan fingerprint density at radius 3 is 2.36 bits per heavy atom. The van der Waals surface area contributed by atoms with E-state index in [1.807, 2.05) is 12.1 Å². The van der Waals surface area contributed by atoms with Crippen molar-refractivity contribution in [3.63, 3.8) is 0 Å². The zero-order valence-electron chi connectivity index (χ0n) is 24.2. The minimum Gasteiger partial charge on any atom is -0.481 e. The molecule has 8 nitrogen and oxygen atoms in total. The Morgan fingerprint density at radius 1 is 0.978 bits per heavy atom. The smallest absolute Gasteiger partial charge is 0.481 e. The first-order valence-electron chi connectivity index (χ1n) is 14.7. The number of fused-ring (bicyclic) bond motifs is 1. The highest BCUT2D eigenvalue weighted by Crippen LogP contribution is 2.35. The monoisotopic (exact) mass is 639 g/mol. The number of nitrogens with one attached hydrogen (secondary N) is 2. The predicted molar refractivity (Wildman–Crippen MR) is 165 cm³/mol. The van der Waals surface area contributed by atoms with Gasteiger partial charge in [0.05, 0.1) is 22.6 Å². The van der Waals surface area contributed by atoms with E-state index in [1.165, 1.54) is 43.0 Å². The number of aromatic nitrogens is 1. The lowest BCUT2D eigenvalue weighted by atomic mass is 9.83. The van der Waals surface area contributed by atoms with Gasteiger partial charge < -0.3 is 20.5 Å². The van der Waals surface area contributed by atoms with Gasteiger partial charge in [-0.2, -0.15) is 0 Å². The van der Waals surface area contributed by atoms with Gasteiger partial charge in [0.1, 0.15) is 5.75 Å². The fourth-order valence-electron chi connectivity index (χ4n) is 5.56. The number of alkyl halides is 3. The molecule has 236 valence electrons.